The van der Waals surface area contributed by atoms with Crippen LogP contribution in [0.4, 0.5) is 17.2 Å². The van der Waals surface area contributed by atoms with E-state index in [1.807, 2.05) is 53.3 Å². The van der Waals surface area contributed by atoms with Crippen molar-refractivity contribution >= 4 is 28.0 Å². The van der Waals surface area contributed by atoms with Gasteiger partial charge in [0, 0.05) is 36.2 Å². The zero-order chi connectivity index (χ0) is 22.0. The molecule has 33 heavy (non-hydrogen) atoms. The number of rotatable bonds is 5. The van der Waals surface area contributed by atoms with E-state index in [0.29, 0.717) is 0 Å². The van der Waals surface area contributed by atoms with Crippen LogP contribution in [-0.2, 0) is 0 Å². The highest BCUT2D eigenvalue weighted by molar-refractivity contribution is 5.83. The molecule has 0 aliphatic rings. The fourth-order valence-electron chi connectivity index (χ4n) is 4.08. The second-order valence-electron chi connectivity index (χ2n) is 7.79. The van der Waals surface area contributed by atoms with Crippen molar-refractivity contribution in [3.63, 3.8) is 0 Å². The van der Waals surface area contributed by atoms with Crippen LogP contribution in [-0.4, -0.2) is 19.3 Å². The molecule has 3 heterocycles. The SMILES string of the molecule is c1ccc(N(c2cccc(-n3cccn3)c2)c2cccc(-n3cc4ccccc4c3)n2)cc1. The minimum Gasteiger partial charge on any atom is -0.307 e. The highest BCUT2D eigenvalue weighted by atomic mass is 15.3. The van der Waals surface area contributed by atoms with E-state index in [1.165, 1.54) is 10.8 Å². The molecule has 0 atom stereocenters. The summed E-state index contributed by atoms with van der Waals surface area (Å²) in [6.45, 7) is 0. The van der Waals surface area contributed by atoms with Crippen LogP contribution in [0.5, 0.6) is 0 Å². The van der Waals surface area contributed by atoms with Crippen LogP contribution in [0.3, 0.4) is 0 Å². The second kappa shape index (κ2) is 8.13. The normalized spacial score (nSPS) is 11.0. The van der Waals surface area contributed by atoms with Crippen molar-refractivity contribution in [2.75, 3.05) is 4.90 Å². The first kappa shape index (κ1) is 19.1. The van der Waals surface area contributed by atoms with E-state index in [4.69, 9.17) is 4.98 Å². The van der Waals surface area contributed by atoms with Gasteiger partial charge in [-0.15, -0.1) is 0 Å². The van der Waals surface area contributed by atoms with Gasteiger partial charge in [0.1, 0.15) is 11.6 Å². The van der Waals surface area contributed by atoms with E-state index in [-0.39, 0.29) is 0 Å². The first-order chi connectivity index (χ1) is 16.3. The number of anilines is 3. The molecule has 5 heteroatoms. The number of nitrogens with zero attached hydrogens (tertiary/aromatic N) is 5. The summed E-state index contributed by atoms with van der Waals surface area (Å²) < 4.78 is 3.94. The van der Waals surface area contributed by atoms with Gasteiger partial charge in [0.05, 0.1) is 5.69 Å². The van der Waals surface area contributed by atoms with Gasteiger partial charge in [0.2, 0.25) is 0 Å². The standard InChI is InChI=1S/C28H21N5/c1-2-11-24(12-3-1)33(26-14-6-13-25(19-26)32-18-8-17-29-32)28-16-7-15-27(30-28)31-20-22-9-4-5-10-23(22)21-31/h1-21H. The summed E-state index contributed by atoms with van der Waals surface area (Å²) in [5.41, 5.74) is 3.04. The molecule has 0 saturated heterocycles. The highest BCUT2D eigenvalue weighted by Crippen LogP contribution is 2.34. The molecule has 5 nitrogen and oxygen atoms in total. The lowest BCUT2D eigenvalue weighted by atomic mass is 10.2. The fraction of sp³-hybridized carbons (Fsp3) is 0. The Labute approximate surface area is 191 Å². The Kier molecular flexibility index (Phi) is 4.70. The Morgan fingerprint density at radius 2 is 1.36 bits per heavy atom. The van der Waals surface area contributed by atoms with Crippen molar-refractivity contribution in [2.45, 2.75) is 0 Å². The number of fused-ring (bicyclic) bond motifs is 1. The summed E-state index contributed by atoms with van der Waals surface area (Å²) in [5.74, 6) is 1.71. The molecule has 0 radical (unpaired) electrons. The third kappa shape index (κ3) is 3.66. The van der Waals surface area contributed by atoms with Crippen molar-refractivity contribution in [1.29, 1.82) is 0 Å². The average Bonchev–Trinajstić information content (AvgIpc) is 3.56. The van der Waals surface area contributed by atoms with Crippen molar-refractivity contribution in [3.05, 3.63) is 128 Å². The Bertz CT molecular complexity index is 1480. The van der Waals surface area contributed by atoms with Gasteiger partial charge in [-0.1, -0.05) is 54.6 Å². The molecule has 0 amide bonds. The Balaban J connectivity index is 1.48. The number of hydrogen-bond acceptors (Lipinski definition) is 3. The third-order valence-electron chi connectivity index (χ3n) is 5.64. The zero-order valence-electron chi connectivity index (χ0n) is 17.9. The van der Waals surface area contributed by atoms with Crippen molar-refractivity contribution in [3.8, 4) is 11.5 Å². The van der Waals surface area contributed by atoms with Gasteiger partial charge in [-0.05, 0) is 59.3 Å². The summed E-state index contributed by atoms with van der Waals surface area (Å²) in [5, 5.41) is 6.77. The smallest absolute Gasteiger partial charge is 0.140 e. The summed E-state index contributed by atoms with van der Waals surface area (Å²) in [7, 11) is 0. The minimum atomic E-state index is 0.842. The second-order valence-corrected chi connectivity index (χ2v) is 7.79. The Hall–Kier alpha value is -4.64. The van der Waals surface area contributed by atoms with Crippen LogP contribution in [0.15, 0.2) is 128 Å². The molecule has 6 aromatic rings. The molecule has 6 rings (SSSR count). The summed E-state index contributed by atoms with van der Waals surface area (Å²) in [6.07, 6.45) is 7.97. The molecule has 0 aliphatic carbocycles. The van der Waals surface area contributed by atoms with Crippen LogP contribution < -0.4 is 4.90 Å². The molecule has 3 aromatic carbocycles. The first-order valence-electron chi connectivity index (χ1n) is 10.8. The predicted molar refractivity (Wildman–Crippen MR) is 133 cm³/mol. The number of aromatic nitrogens is 4. The Morgan fingerprint density at radius 1 is 0.636 bits per heavy atom. The number of pyridine rings is 1. The van der Waals surface area contributed by atoms with E-state index in [9.17, 15) is 0 Å². The van der Waals surface area contributed by atoms with E-state index in [0.717, 1.165) is 28.7 Å². The molecule has 0 saturated carbocycles. The van der Waals surface area contributed by atoms with Gasteiger partial charge >= 0.3 is 0 Å². The third-order valence-corrected chi connectivity index (χ3v) is 5.64. The molecule has 158 valence electrons. The molecule has 0 N–H and O–H groups in total. The molecule has 0 spiro atoms. The minimum absolute atomic E-state index is 0.842. The molecule has 0 bridgehead atoms. The van der Waals surface area contributed by atoms with Crippen molar-refractivity contribution in [2.24, 2.45) is 0 Å². The van der Waals surface area contributed by atoms with Gasteiger partial charge in [-0.2, -0.15) is 5.10 Å². The van der Waals surface area contributed by atoms with Crippen LogP contribution in [0.2, 0.25) is 0 Å². The largest absolute Gasteiger partial charge is 0.307 e. The van der Waals surface area contributed by atoms with E-state index in [2.05, 4.69) is 87.6 Å². The quantitative estimate of drug-likeness (QED) is 0.308. The van der Waals surface area contributed by atoms with Crippen LogP contribution in [0.25, 0.3) is 22.3 Å². The van der Waals surface area contributed by atoms with Crippen LogP contribution in [0.1, 0.15) is 0 Å². The van der Waals surface area contributed by atoms with Crippen LogP contribution in [0, 0.1) is 0 Å². The van der Waals surface area contributed by atoms with Gasteiger partial charge in [-0.25, -0.2) is 9.67 Å². The molecule has 0 fully saturated rings. The lowest BCUT2D eigenvalue weighted by molar-refractivity contribution is 0.880. The van der Waals surface area contributed by atoms with Gasteiger partial charge in [-0.3, -0.25) is 4.90 Å². The Morgan fingerprint density at radius 3 is 2.12 bits per heavy atom. The van der Waals surface area contributed by atoms with Crippen LogP contribution >= 0.6 is 0 Å². The monoisotopic (exact) mass is 427 g/mol. The topological polar surface area (TPSA) is 38.9 Å². The number of hydrogen-bond donors (Lipinski definition) is 0. The maximum atomic E-state index is 5.05. The summed E-state index contributed by atoms with van der Waals surface area (Å²) in [4.78, 5) is 7.22. The first-order valence-corrected chi connectivity index (χ1v) is 10.8. The molecule has 0 aliphatic heterocycles. The molecule has 0 unspecified atom stereocenters. The predicted octanol–water partition coefficient (Wildman–Crippen LogP) is 6.68. The maximum absolute atomic E-state index is 5.05. The van der Waals surface area contributed by atoms with E-state index in [1.54, 1.807) is 6.20 Å². The van der Waals surface area contributed by atoms with E-state index < -0.39 is 0 Å². The number of benzene rings is 3. The molecular formula is C28H21N5. The molecular weight excluding hydrogens is 406 g/mol. The zero-order valence-corrected chi connectivity index (χ0v) is 17.9. The van der Waals surface area contributed by atoms with E-state index >= 15 is 0 Å². The molecule has 3 aromatic heterocycles. The lowest BCUT2D eigenvalue weighted by Gasteiger charge is -2.25. The maximum Gasteiger partial charge on any atom is 0.140 e. The van der Waals surface area contributed by atoms with Crippen molar-refractivity contribution in [1.82, 2.24) is 19.3 Å². The van der Waals surface area contributed by atoms with Crippen molar-refractivity contribution < 1.29 is 0 Å². The lowest BCUT2D eigenvalue weighted by Crippen LogP contribution is -2.13. The highest BCUT2D eigenvalue weighted by Gasteiger charge is 2.15. The van der Waals surface area contributed by atoms with Gasteiger partial charge in [0.15, 0.2) is 0 Å². The fourth-order valence-corrected chi connectivity index (χ4v) is 4.08. The summed E-state index contributed by atoms with van der Waals surface area (Å²) in [6, 6.07) is 35.0. The van der Waals surface area contributed by atoms with Gasteiger partial charge in [0.25, 0.3) is 0 Å². The van der Waals surface area contributed by atoms with Gasteiger partial charge < -0.3 is 4.57 Å². The number of para-hydroxylation sites is 1. The average molecular weight is 428 g/mol. The summed E-state index contributed by atoms with van der Waals surface area (Å²) >= 11 is 0.